The first kappa shape index (κ1) is 26.4. The van der Waals surface area contributed by atoms with E-state index in [1.165, 1.54) is 6.07 Å². The number of anilines is 1. The zero-order valence-electron chi connectivity index (χ0n) is 20.6. The first-order valence-corrected chi connectivity index (χ1v) is 10.8. The molecular weight excluding hydrogens is 436 g/mol. The van der Waals surface area contributed by atoms with E-state index >= 15 is 0 Å². The highest BCUT2D eigenvalue weighted by Crippen LogP contribution is 2.20. The number of rotatable bonds is 3. The third kappa shape index (κ3) is 8.24. The van der Waals surface area contributed by atoms with Crippen molar-refractivity contribution in [2.45, 2.75) is 59.7 Å². The molecule has 0 atom stereocenters. The molecule has 1 heterocycles. The van der Waals surface area contributed by atoms with E-state index in [4.69, 9.17) is 14.2 Å². The van der Waals surface area contributed by atoms with Crippen LogP contribution in [0.15, 0.2) is 42.5 Å². The number of imide groups is 1. The van der Waals surface area contributed by atoms with E-state index in [1.807, 2.05) is 0 Å². The Balaban J connectivity index is 2.33. The number of hydrogen-bond donors (Lipinski definition) is 0. The molecule has 0 unspecified atom stereocenters. The fourth-order valence-corrected chi connectivity index (χ4v) is 2.53. The molecule has 2 rings (SSSR count). The Labute approximate surface area is 200 Å². The molecule has 0 bridgehead atoms. The molecule has 34 heavy (non-hydrogen) atoms. The minimum absolute atomic E-state index is 0.0213. The van der Waals surface area contributed by atoms with E-state index in [2.05, 4.69) is 16.8 Å². The first-order chi connectivity index (χ1) is 15.8. The van der Waals surface area contributed by atoms with E-state index in [0.717, 1.165) is 4.90 Å². The number of aromatic nitrogens is 1. The van der Waals surface area contributed by atoms with Crippen LogP contribution < -0.4 is 4.90 Å². The molecule has 0 aliphatic rings. The molecule has 2 amide bonds. The Morgan fingerprint density at radius 3 is 1.91 bits per heavy atom. The summed E-state index contributed by atoms with van der Waals surface area (Å²) in [6.07, 6.45) is -1.82. The van der Waals surface area contributed by atoms with Crippen LogP contribution >= 0.6 is 0 Å². The van der Waals surface area contributed by atoms with E-state index < -0.39 is 29.4 Å². The maximum atomic E-state index is 12.8. The van der Waals surface area contributed by atoms with Crippen LogP contribution in [0.4, 0.5) is 15.4 Å². The molecule has 0 radical (unpaired) electrons. The van der Waals surface area contributed by atoms with E-state index in [-0.39, 0.29) is 5.82 Å². The molecule has 0 fully saturated rings. The van der Waals surface area contributed by atoms with Crippen molar-refractivity contribution in [3.63, 3.8) is 0 Å². The highest BCUT2D eigenvalue weighted by atomic mass is 16.6. The lowest BCUT2D eigenvalue weighted by atomic mass is 10.1. The third-order valence-electron chi connectivity index (χ3n) is 3.85. The van der Waals surface area contributed by atoms with Gasteiger partial charge in [-0.3, -0.25) is 0 Å². The molecule has 1 aromatic heterocycles. The summed E-state index contributed by atoms with van der Waals surface area (Å²) in [7, 11) is 0. The van der Waals surface area contributed by atoms with E-state index in [0.29, 0.717) is 23.4 Å². The Morgan fingerprint density at radius 2 is 1.41 bits per heavy atom. The minimum atomic E-state index is -0.908. The molecule has 0 saturated heterocycles. The van der Waals surface area contributed by atoms with Crippen LogP contribution in [0, 0.1) is 11.8 Å². The summed E-state index contributed by atoms with van der Waals surface area (Å²) in [5.74, 6) is 5.46. The fourth-order valence-electron chi connectivity index (χ4n) is 2.53. The normalized spacial score (nSPS) is 11.0. The van der Waals surface area contributed by atoms with Gasteiger partial charge in [0.1, 0.15) is 22.7 Å². The standard InChI is InChI=1S/C26H30N2O6/c1-8-32-22(29)19-15-12-18(13-16-19)14-17-20-10-9-11-21(27-20)28(23(30)33-25(2,3)4)24(31)34-26(5,6)7/h9-13,15-16H,8H2,1-7H3. The number of carbonyl (C=O) groups excluding carboxylic acids is 3. The Bertz CT molecular complexity index is 1070. The third-order valence-corrected chi connectivity index (χ3v) is 3.85. The van der Waals surface area contributed by atoms with Gasteiger partial charge in [0.05, 0.1) is 12.2 Å². The average molecular weight is 467 g/mol. The van der Waals surface area contributed by atoms with Crippen LogP contribution in [0.2, 0.25) is 0 Å². The number of nitrogens with zero attached hydrogens (tertiary/aromatic N) is 2. The number of amides is 2. The summed E-state index contributed by atoms with van der Waals surface area (Å²) in [5.41, 5.74) is -0.257. The first-order valence-electron chi connectivity index (χ1n) is 10.8. The van der Waals surface area contributed by atoms with Crippen LogP contribution in [0.5, 0.6) is 0 Å². The number of pyridine rings is 1. The lowest BCUT2D eigenvalue weighted by Crippen LogP contribution is -2.44. The van der Waals surface area contributed by atoms with Gasteiger partial charge in [0.25, 0.3) is 0 Å². The molecule has 0 N–H and O–H groups in total. The summed E-state index contributed by atoms with van der Waals surface area (Å²) in [5, 5.41) is 0. The van der Waals surface area contributed by atoms with Gasteiger partial charge in [-0.15, -0.1) is 0 Å². The van der Waals surface area contributed by atoms with E-state index in [1.54, 1.807) is 84.9 Å². The molecule has 8 heteroatoms. The number of hydrogen-bond acceptors (Lipinski definition) is 7. The topological polar surface area (TPSA) is 95.0 Å². The molecule has 8 nitrogen and oxygen atoms in total. The molecule has 1 aromatic carbocycles. The second-order valence-electron chi connectivity index (χ2n) is 9.22. The summed E-state index contributed by atoms with van der Waals surface area (Å²) < 4.78 is 15.7. The maximum absolute atomic E-state index is 12.8. The highest BCUT2D eigenvalue weighted by molar-refractivity contribution is 6.08. The second kappa shape index (κ2) is 10.8. The molecule has 0 spiro atoms. The van der Waals surface area contributed by atoms with Gasteiger partial charge in [-0.05, 0) is 90.8 Å². The van der Waals surface area contributed by atoms with Gasteiger partial charge in [0.15, 0.2) is 0 Å². The highest BCUT2D eigenvalue weighted by Gasteiger charge is 2.33. The van der Waals surface area contributed by atoms with Crippen molar-refractivity contribution in [1.29, 1.82) is 0 Å². The van der Waals surface area contributed by atoms with Crippen molar-refractivity contribution in [3.8, 4) is 11.8 Å². The van der Waals surface area contributed by atoms with Crippen molar-refractivity contribution in [3.05, 3.63) is 59.3 Å². The van der Waals surface area contributed by atoms with Gasteiger partial charge >= 0.3 is 18.2 Å². The van der Waals surface area contributed by atoms with Crippen molar-refractivity contribution >= 4 is 24.0 Å². The van der Waals surface area contributed by atoms with Gasteiger partial charge in [-0.1, -0.05) is 12.0 Å². The van der Waals surface area contributed by atoms with Crippen LogP contribution in [-0.4, -0.2) is 40.9 Å². The molecule has 0 aliphatic carbocycles. The Morgan fingerprint density at radius 1 is 0.853 bits per heavy atom. The zero-order chi connectivity index (χ0) is 25.5. The van der Waals surface area contributed by atoms with Crippen LogP contribution in [0.1, 0.15) is 70.1 Å². The van der Waals surface area contributed by atoms with Crippen LogP contribution in [-0.2, 0) is 14.2 Å². The number of benzene rings is 1. The monoisotopic (exact) mass is 466 g/mol. The second-order valence-corrected chi connectivity index (χ2v) is 9.22. The SMILES string of the molecule is CCOC(=O)c1ccc(C#Cc2cccc(N(C(=O)OC(C)(C)C)C(=O)OC(C)(C)C)n2)cc1. The van der Waals surface area contributed by atoms with Crippen molar-refractivity contribution in [2.24, 2.45) is 0 Å². The molecular formula is C26H30N2O6. The Hall–Kier alpha value is -3.86. The molecule has 0 saturated carbocycles. The van der Waals surface area contributed by atoms with Crippen molar-refractivity contribution < 1.29 is 28.6 Å². The van der Waals surface area contributed by atoms with Gasteiger partial charge in [0.2, 0.25) is 0 Å². The van der Waals surface area contributed by atoms with Crippen LogP contribution in [0.3, 0.4) is 0 Å². The molecule has 2 aromatic rings. The maximum Gasteiger partial charge on any atom is 0.425 e. The predicted octanol–water partition coefficient (Wildman–Crippen LogP) is 5.33. The quantitative estimate of drug-likeness (QED) is 0.342. The fraction of sp³-hybridized carbons (Fsp3) is 0.385. The number of carbonyl (C=O) groups is 3. The van der Waals surface area contributed by atoms with E-state index in [9.17, 15) is 14.4 Å². The zero-order valence-corrected chi connectivity index (χ0v) is 20.6. The smallest absolute Gasteiger partial charge is 0.425 e. The minimum Gasteiger partial charge on any atom is -0.462 e. The summed E-state index contributed by atoms with van der Waals surface area (Å²) in [6.45, 7) is 12.2. The summed E-state index contributed by atoms with van der Waals surface area (Å²) >= 11 is 0. The average Bonchev–Trinajstić information content (AvgIpc) is 2.70. The lowest BCUT2D eigenvalue weighted by molar-refractivity contribution is 0.0427. The number of ether oxygens (including phenoxy) is 3. The largest absolute Gasteiger partial charge is 0.462 e. The number of esters is 1. The summed E-state index contributed by atoms with van der Waals surface area (Å²) in [4.78, 5) is 42.5. The predicted molar refractivity (Wildman–Crippen MR) is 128 cm³/mol. The van der Waals surface area contributed by atoms with Crippen molar-refractivity contribution in [2.75, 3.05) is 11.5 Å². The van der Waals surface area contributed by atoms with Crippen LogP contribution in [0.25, 0.3) is 0 Å². The van der Waals surface area contributed by atoms with Gasteiger partial charge in [0, 0.05) is 5.56 Å². The Kier molecular flexibility index (Phi) is 8.41. The van der Waals surface area contributed by atoms with Gasteiger partial charge in [-0.25, -0.2) is 19.4 Å². The molecule has 0 aliphatic heterocycles. The van der Waals surface area contributed by atoms with Gasteiger partial charge in [-0.2, -0.15) is 4.90 Å². The van der Waals surface area contributed by atoms with Crippen molar-refractivity contribution in [1.82, 2.24) is 4.98 Å². The van der Waals surface area contributed by atoms with Gasteiger partial charge < -0.3 is 14.2 Å². The molecule has 180 valence electrons. The summed E-state index contributed by atoms with van der Waals surface area (Å²) in [6, 6.07) is 11.4. The lowest BCUT2D eigenvalue weighted by Gasteiger charge is -2.28.